The average Bonchev–Trinajstić information content (AvgIpc) is 2.98. The molecule has 5 nitrogen and oxygen atoms in total. The number of carbonyl (C=O) groups excluding carboxylic acids is 1. The van der Waals surface area contributed by atoms with E-state index in [0.717, 1.165) is 16.7 Å². The van der Waals surface area contributed by atoms with Crippen LogP contribution in [0.25, 0.3) is 22.4 Å². The molecule has 3 rings (SSSR count). The van der Waals surface area contributed by atoms with Crippen LogP contribution in [0, 0.1) is 6.92 Å². The van der Waals surface area contributed by atoms with E-state index in [1.165, 1.54) is 5.56 Å². The van der Waals surface area contributed by atoms with Crippen LogP contribution in [-0.4, -0.2) is 21.3 Å². The topological polar surface area (TPSA) is 84.7 Å². The fraction of sp³-hybridized carbons (Fsp3) is 0.0625. The van der Waals surface area contributed by atoms with Crippen molar-refractivity contribution >= 4 is 5.91 Å². The van der Waals surface area contributed by atoms with Crippen molar-refractivity contribution in [3.05, 3.63) is 59.8 Å². The first-order chi connectivity index (χ1) is 10.2. The third kappa shape index (κ3) is 2.41. The predicted octanol–water partition coefficient (Wildman–Crippen LogP) is 2.55. The molecule has 0 saturated carbocycles. The molecule has 21 heavy (non-hydrogen) atoms. The number of benzene rings is 2. The Labute approximate surface area is 121 Å². The average molecular weight is 278 g/mol. The van der Waals surface area contributed by atoms with Gasteiger partial charge in [0.1, 0.15) is 5.69 Å². The monoisotopic (exact) mass is 278 g/mol. The number of primary amides is 1. The highest BCUT2D eigenvalue weighted by Crippen LogP contribution is 2.32. The lowest BCUT2D eigenvalue weighted by Crippen LogP contribution is -2.12. The van der Waals surface area contributed by atoms with Gasteiger partial charge in [0.2, 0.25) is 0 Å². The molecule has 5 heteroatoms. The molecule has 3 N–H and O–H groups in total. The van der Waals surface area contributed by atoms with E-state index in [2.05, 4.69) is 15.4 Å². The molecule has 1 amide bonds. The van der Waals surface area contributed by atoms with Crippen LogP contribution in [0.4, 0.5) is 0 Å². The Morgan fingerprint density at radius 2 is 1.67 bits per heavy atom. The Morgan fingerprint density at radius 3 is 2.33 bits per heavy atom. The molecule has 0 unspecified atom stereocenters. The van der Waals surface area contributed by atoms with Crippen molar-refractivity contribution in [2.75, 3.05) is 0 Å². The van der Waals surface area contributed by atoms with Crippen LogP contribution in [0.1, 0.15) is 16.1 Å². The summed E-state index contributed by atoms with van der Waals surface area (Å²) in [4.78, 5) is 11.4. The lowest BCUT2D eigenvalue weighted by atomic mass is 9.96. The van der Waals surface area contributed by atoms with E-state index in [4.69, 9.17) is 5.73 Å². The van der Waals surface area contributed by atoms with Crippen LogP contribution in [0.3, 0.4) is 0 Å². The van der Waals surface area contributed by atoms with Gasteiger partial charge in [-0.25, -0.2) is 0 Å². The molecule has 1 heterocycles. The summed E-state index contributed by atoms with van der Waals surface area (Å²) in [6.45, 7) is 2.04. The van der Waals surface area contributed by atoms with Crippen molar-refractivity contribution < 1.29 is 4.79 Å². The summed E-state index contributed by atoms with van der Waals surface area (Å²) in [5.74, 6) is -0.600. The molecule has 104 valence electrons. The van der Waals surface area contributed by atoms with Crippen LogP contribution >= 0.6 is 0 Å². The molecule has 0 spiro atoms. The maximum atomic E-state index is 11.4. The molecule has 0 atom stereocenters. The number of nitrogens with zero attached hydrogens (tertiary/aromatic N) is 2. The van der Waals surface area contributed by atoms with Crippen LogP contribution in [0.15, 0.2) is 48.5 Å². The number of hydrogen-bond acceptors (Lipinski definition) is 3. The van der Waals surface area contributed by atoms with Crippen molar-refractivity contribution in [2.45, 2.75) is 6.92 Å². The highest BCUT2D eigenvalue weighted by atomic mass is 16.1. The lowest BCUT2D eigenvalue weighted by molar-refractivity contribution is 0.0996. The highest BCUT2D eigenvalue weighted by Gasteiger charge is 2.18. The van der Waals surface area contributed by atoms with Gasteiger partial charge in [-0.3, -0.25) is 4.79 Å². The molecule has 3 aromatic rings. The third-order valence-corrected chi connectivity index (χ3v) is 3.33. The molecule has 0 saturated heterocycles. The van der Waals surface area contributed by atoms with E-state index in [1.807, 2.05) is 55.5 Å². The first kappa shape index (κ1) is 13.1. The van der Waals surface area contributed by atoms with Crippen LogP contribution < -0.4 is 5.73 Å². The molecule has 0 radical (unpaired) electrons. The Morgan fingerprint density at radius 1 is 1.00 bits per heavy atom. The normalized spacial score (nSPS) is 10.5. The van der Waals surface area contributed by atoms with Crippen molar-refractivity contribution in [2.24, 2.45) is 5.73 Å². The Balaban J connectivity index is 2.18. The second kappa shape index (κ2) is 5.20. The number of aromatic nitrogens is 3. The molecule has 2 aromatic carbocycles. The Hall–Kier alpha value is -2.95. The summed E-state index contributed by atoms with van der Waals surface area (Å²) in [7, 11) is 0. The zero-order valence-corrected chi connectivity index (χ0v) is 11.5. The van der Waals surface area contributed by atoms with Crippen molar-refractivity contribution in [1.82, 2.24) is 15.4 Å². The van der Waals surface area contributed by atoms with Gasteiger partial charge in [0.15, 0.2) is 5.69 Å². The molecule has 0 aliphatic carbocycles. The number of rotatable bonds is 3. The van der Waals surface area contributed by atoms with Gasteiger partial charge >= 0.3 is 0 Å². The summed E-state index contributed by atoms with van der Waals surface area (Å²) < 4.78 is 0. The zero-order chi connectivity index (χ0) is 14.8. The standard InChI is InChI=1S/C16H14N4O/c1-10-6-8-11(9-7-10)12-4-2-3-5-13(12)14-15(16(17)21)19-20-18-14/h2-9H,1H3,(H2,17,21)(H,18,19,20). The predicted molar refractivity (Wildman–Crippen MR) is 80.5 cm³/mol. The fourth-order valence-electron chi connectivity index (χ4n) is 2.26. The summed E-state index contributed by atoms with van der Waals surface area (Å²) in [6, 6.07) is 15.9. The van der Waals surface area contributed by atoms with Gasteiger partial charge in [0, 0.05) is 5.56 Å². The molecule has 0 aliphatic rings. The van der Waals surface area contributed by atoms with E-state index in [0.29, 0.717) is 5.69 Å². The number of aryl methyl sites for hydroxylation is 1. The molecule has 0 bridgehead atoms. The van der Waals surface area contributed by atoms with Gasteiger partial charge in [-0.05, 0) is 18.1 Å². The van der Waals surface area contributed by atoms with Crippen molar-refractivity contribution in [1.29, 1.82) is 0 Å². The van der Waals surface area contributed by atoms with Crippen molar-refractivity contribution in [3.8, 4) is 22.4 Å². The summed E-state index contributed by atoms with van der Waals surface area (Å²) in [5.41, 5.74) is 10.0. The maximum Gasteiger partial charge on any atom is 0.271 e. The second-order valence-corrected chi connectivity index (χ2v) is 4.80. The van der Waals surface area contributed by atoms with E-state index in [9.17, 15) is 4.79 Å². The third-order valence-electron chi connectivity index (χ3n) is 3.33. The maximum absolute atomic E-state index is 11.4. The van der Waals surface area contributed by atoms with Gasteiger partial charge < -0.3 is 5.73 Å². The minimum Gasteiger partial charge on any atom is -0.364 e. The Bertz CT molecular complexity index is 790. The molecular formula is C16H14N4O. The van der Waals surface area contributed by atoms with E-state index in [-0.39, 0.29) is 5.69 Å². The largest absolute Gasteiger partial charge is 0.364 e. The number of carbonyl (C=O) groups is 1. The zero-order valence-electron chi connectivity index (χ0n) is 11.5. The lowest BCUT2D eigenvalue weighted by Gasteiger charge is -2.08. The van der Waals surface area contributed by atoms with Gasteiger partial charge in [0.05, 0.1) is 0 Å². The van der Waals surface area contributed by atoms with E-state index >= 15 is 0 Å². The van der Waals surface area contributed by atoms with Crippen molar-refractivity contribution in [3.63, 3.8) is 0 Å². The van der Waals surface area contributed by atoms with Crippen LogP contribution in [0.5, 0.6) is 0 Å². The number of H-pyrrole nitrogens is 1. The van der Waals surface area contributed by atoms with Gasteiger partial charge in [-0.1, -0.05) is 54.1 Å². The summed E-state index contributed by atoms with van der Waals surface area (Å²) in [6.07, 6.45) is 0. The van der Waals surface area contributed by atoms with Crippen LogP contribution in [0.2, 0.25) is 0 Å². The molecule has 0 aliphatic heterocycles. The van der Waals surface area contributed by atoms with Crippen LogP contribution in [-0.2, 0) is 0 Å². The fourth-order valence-corrected chi connectivity index (χ4v) is 2.26. The first-order valence-electron chi connectivity index (χ1n) is 6.54. The smallest absolute Gasteiger partial charge is 0.271 e. The highest BCUT2D eigenvalue weighted by molar-refractivity contribution is 5.98. The number of amides is 1. The number of aromatic amines is 1. The number of nitrogens with two attached hydrogens (primary N) is 1. The van der Waals surface area contributed by atoms with Gasteiger partial charge in [-0.15, -0.1) is 0 Å². The molecule has 1 aromatic heterocycles. The van der Waals surface area contributed by atoms with E-state index < -0.39 is 5.91 Å². The molecule has 0 fully saturated rings. The minimum atomic E-state index is -0.600. The second-order valence-electron chi connectivity index (χ2n) is 4.80. The Kier molecular flexibility index (Phi) is 3.23. The quantitative estimate of drug-likeness (QED) is 0.772. The first-order valence-corrected chi connectivity index (χ1v) is 6.54. The summed E-state index contributed by atoms with van der Waals surface area (Å²) in [5, 5.41) is 10.4. The number of hydrogen-bond donors (Lipinski definition) is 2. The van der Waals surface area contributed by atoms with Gasteiger partial charge in [-0.2, -0.15) is 15.4 Å². The van der Waals surface area contributed by atoms with E-state index in [1.54, 1.807) is 0 Å². The molecular weight excluding hydrogens is 264 g/mol. The van der Waals surface area contributed by atoms with Gasteiger partial charge in [0.25, 0.3) is 5.91 Å². The summed E-state index contributed by atoms with van der Waals surface area (Å²) >= 11 is 0. The SMILES string of the molecule is Cc1ccc(-c2ccccc2-c2n[nH]nc2C(N)=O)cc1. The number of nitrogens with one attached hydrogen (secondary N) is 1. The minimum absolute atomic E-state index is 0.148.